The Morgan fingerprint density at radius 3 is 2.71 bits per heavy atom. The first-order chi connectivity index (χ1) is 16.4. The molecular weight excluding hydrogens is 431 g/mol. The van der Waals surface area contributed by atoms with Gasteiger partial charge in [0.2, 0.25) is 0 Å². The molecule has 2 aliphatic heterocycles. The number of nitrogens with two attached hydrogens (primary N) is 1. The van der Waals surface area contributed by atoms with Gasteiger partial charge in [-0.25, -0.2) is 4.39 Å². The quantitative estimate of drug-likeness (QED) is 0.527. The first kappa shape index (κ1) is 22.1. The Labute approximate surface area is 198 Å². The molecule has 0 aliphatic carbocycles. The van der Waals surface area contributed by atoms with Crippen LogP contribution < -0.4 is 16.4 Å². The van der Waals surface area contributed by atoms with Gasteiger partial charge in [-0.3, -0.25) is 4.79 Å². The number of fused-ring (bicyclic) bond motifs is 1. The van der Waals surface area contributed by atoms with Gasteiger partial charge in [-0.2, -0.15) is 0 Å². The van der Waals surface area contributed by atoms with Crippen molar-refractivity contribution in [3.63, 3.8) is 0 Å². The van der Waals surface area contributed by atoms with Gasteiger partial charge in [0.25, 0.3) is 5.91 Å². The fourth-order valence-corrected chi connectivity index (χ4v) is 4.63. The Balaban J connectivity index is 1.33. The van der Waals surface area contributed by atoms with Crippen molar-refractivity contribution in [3.8, 4) is 11.1 Å². The number of aryl methyl sites for hydroxylation is 1. The number of nitrogens with zero attached hydrogens (tertiary/aromatic N) is 1. The lowest BCUT2D eigenvalue weighted by Crippen LogP contribution is -2.38. The molecule has 2 atom stereocenters. The molecule has 0 saturated carbocycles. The summed E-state index contributed by atoms with van der Waals surface area (Å²) in [6.07, 6.45) is 3.34. The van der Waals surface area contributed by atoms with E-state index in [1.807, 2.05) is 43.3 Å². The molecule has 5 rings (SSSR count). The number of allylic oxidation sites excluding steroid dienone is 2. The standard InChI is InChI=1S/C27H29FN4O2/c1-16-11-20(18-3-5-19(6-4-18)27(33)32-10-9-22(28)15-32)12-21-13-23(34-26(16)21)14-30-24-7-8-25(29)31-17(24)2/h3-8,11-13,17,22,30-31H,9-10,14-15,29H2,1-2H3/t17-,22-/m1/s1. The Morgan fingerprint density at radius 2 is 2.00 bits per heavy atom. The molecule has 176 valence electrons. The third-order valence-corrected chi connectivity index (χ3v) is 6.50. The zero-order chi connectivity index (χ0) is 23.8. The smallest absolute Gasteiger partial charge is 0.253 e. The van der Waals surface area contributed by atoms with E-state index in [0.717, 1.165) is 39.1 Å². The highest BCUT2D eigenvalue weighted by atomic mass is 19.1. The number of likely N-dealkylation sites (tertiary alicyclic amines) is 1. The van der Waals surface area contributed by atoms with Crippen molar-refractivity contribution in [2.75, 3.05) is 13.1 Å². The second-order valence-electron chi connectivity index (χ2n) is 9.10. The summed E-state index contributed by atoms with van der Waals surface area (Å²) < 4.78 is 19.6. The van der Waals surface area contributed by atoms with Gasteiger partial charge in [-0.05, 0) is 79.4 Å². The van der Waals surface area contributed by atoms with Crippen LogP contribution in [0.25, 0.3) is 22.1 Å². The summed E-state index contributed by atoms with van der Waals surface area (Å²) in [4.78, 5) is 14.2. The summed E-state index contributed by atoms with van der Waals surface area (Å²) in [6.45, 7) is 5.32. The number of carbonyl (C=O) groups excluding carboxylic acids is 1. The van der Waals surface area contributed by atoms with Crippen LogP contribution in [0.15, 0.2) is 70.6 Å². The van der Waals surface area contributed by atoms with Crippen LogP contribution in [-0.2, 0) is 6.54 Å². The third-order valence-electron chi connectivity index (χ3n) is 6.50. The van der Waals surface area contributed by atoms with Crippen molar-refractivity contribution < 1.29 is 13.6 Å². The van der Waals surface area contributed by atoms with Crippen LogP contribution in [0.3, 0.4) is 0 Å². The summed E-state index contributed by atoms with van der Waals surface area (Å²) in [5.74, 6) is 1.40. The fourth-order valence-electron chi connectivity index (χ4n) is 4.63. The van der Waals surface area contributed by atoms with Crippen LogP contribution in [0.2, 0.25) is 0 Å². The van der Waals surface area contributed by atoms with Crippen LogP contribution in [-0.4, -0.2) is 36.1 Å². The number of carbonyl (C=O) groups is 1. The molecule has 2 aromatic carbocycles. The lowest BCUT2D eigenvalue weighted by atomic mass is 10.00. The number of hydrogen-bond donors (Lipinski definition) is 3. The van der Waals surface area contributed by atoms with Crippen molar-refractivity contribution in [1.29, 1.82) is 0 Å². The SMILES string of the molecule is Cc1cc(-c2ccc(C(=O)N3CC[C@@H](F)C3)cc2)cc2cc(CNC3=CC=C(N)N[C@@H]3C)oc12. The largest absolute Gasteiger partial charge is 0.459 e. The van der Waals surface area contributed by atoms with E-state index in [4.69, 9.17) is 10.2 Å². The maximum atomic E-state index is 13.5. The highest BCUT2D eigenvalue weighted by Crippen LogP contribution is 2.30. The molecule has 0 radical (unpaired) electrons. The van der Waals surface area contributed by atoms with E-state index in [1.54, 1.807) is 4.90 Å². The summed E-state index contributed by atoms with van der Waals surface area (Å²) in [6, 6.07) is 13.9. The van der Waals surface area contributed by atoms with E-state index in [1.165, 1.54) is 0 Å². The normalized spacial score (nSPS) is 20.1. The molecular formula is C27H29FN4O2. The number of hydrogen-bond acceptors (Lipinski definition) is 5. The monoisotopic (exact) mass is 460 g/mol. The number of nitrogens with one attached hydrogen (secondary N) is 2. The van der Waals surface area contributed by atoms with Crippen molar-refractivity contribution in [2.45, 2.75) is 39.0 Å². The van der Waals surface area contributed by atoms with E-state index >= 15 is 0 Å². The minimum Gasteiger partial charge on any atom is -0.459 e. The number of alkyl halides is 1. The predicted molar refractivity (Wildman–Crippen MR) is 132 cm³/mol. The van der Waals surface area contributed by atoms with Crippen LogP contribution in [0.4, 0.5) is 4.39 Å². The molecule has 4 N–H and O–H groups in total. The van der Waals surface area contributed by atoms with E-state index in [0.29, 0.717) is 30.9 Å². The second-order valence-corrected chi connectivity index (χ2v) is 9.10. The molecule has 6 nitrogen and oxygen atoms in total. The number of amides is 1. The molecule has 1 aromatic heterocycles. The first-order valence-electron chi connectivity index (χ1n) is 11.6. The zero-order valence-corrected chi connectivity index (χ0v) is 19.4. The summed E-state index contributed by atoms with van der Waals surface area (Å²) in [5, 5.41) is 7.65. The molecule has 0 unspecified atom stereocenters. The van der Waals surface area contributed by atoms with Gasteiger partial charge in [-0.15, -0.1) is 0 Å². The van der Waals surface area contributed by atoms with Gasteiger partial charge in [-0.1, -0.05) is 12.1 Å². The van der Waals surface area contributed by atoms with E-state index < -0.39 is 6.17 Å². The Morgan fingerprint density at radius 1 is 1.21 bits per heavy atom. The van der Waals surface area contributed by atoms with Gasteiger partial charge in [0.1, 0.15) is 17.5 Å². The second kappa shape index (κ2) is 8.89. The average molecular weight is 461 g/mol. The van der Waals surface area contributed by atoms with Crippen LogP contribution >= 0.6 is 0 Å². The molecule has 1 fully saturated rings. The summed E-state index contributed by atoms with van der Waals surface area (Å²) in [7, 11) is 0. The topological polar surface area (TPSA) is 83.5 Å². The Bertz CT molecular complexity index is 1290. The van der Waals surface area contributed by atoms with Crippen LogP contribution in [0, 0.1) is 6.92 Å². The molecule has 1 saturated heterocycles. The van der Waals surface area contributed by atoms with Crippen molar-refractivity contribution in [2.24, 2.45) is 5.73 Å². The predicted octanol–water partition coefficient (Wildman–Crippen LogP) is 4.36. The van der Waals surface area contributed by atoms with Crippen molar-refractivity contribution in [3.05, 3.63) is 83.0 Å². The van der Waals surface area contributed by atoms with Crippen LogP contribution in [0.5, 0.6) is 0 Å². The minimum absolute atomic E-state index is 0.110. The fraction of sp³-hybridized carbons (Fsp3) is 0.296. The highest BCUT2D eigenvalue weighted by Gasteiger charge is 2.26. The number of halogens is 1. The Kier molecular flexibility index (Phi) is 5.77. The molecule has 2 aliphatic rings. The molecule has 0 bridgehead atoms. The molecule has 7 heteroatoms. The van der Waals surface area contributed by atoms with Crippen molar-refractivity contribution >= 4 is 16.9 Å². The molecule has 34 heavy (non-hydrogen) atoms. The van der Waals surface area contributed by atoms with Gasteiger partial charge >= 0.3 is 0 Å². The van der Waals surface area contributed by atoms with Gasteiger partial charge in [0.05, 0.1) is 25.0 Å². The maximum absolute atomic E-state index is 13.5. The first-order valence-corrected chi connectivity index (χ1v) is 11.6. The van der Waals surface area contributed by atoms with Crippen LogP contribution in [0.1, 0.15) is 35.0 Å². The minimum atomic E-state index is -0.914. The van der Waals surface area contributed by atoms with Crippen molar-refractivity contribution in [1.82, 2.24) is 15.5 Å². The summed E-state index contributed by atoms with van der Waals surface area (Å²) in [5.41, 5.74) is 11.4. The van der Waals surface area contributed by atoms with Gasteiger partial charge in [0, 0.05) is 23.2 Å². The Hall–Kier alpha value is -3.74. The average Bonchev–Trinajstić information content (AvgIpc) is 3.44. The number of furan rings is 1. The third kappa shape index (κ3) is 4.38. The molecule has 0 spiro atoms. The number of rotatable bonds is 5. The maximum Gasteiger partial charge on any atom is 0.253 e. The number of benzene rings is 2. The number of dihydropyridines is 1. The molecule has 3 aromatic rings. The molecule has 3 heterocycles. The van der Waals surface area contributed by atoms with E-state index in [2.05, 4.69) is 35.8 Å². The van der Waals surface area contributed by atoms with Gasteiger partial charge < -0.3 is 25.7 Å². The van der Waals surface area contributed by atoms with Gasteiger partial charge in [0.15, 0.2) is 0 Å². The van der Waals surface area contributed by atoms with E-state index in [9.17, 15) is 9.18 Å². The molecule has 1 amide bonds. The lowest BCUT2D eigenvalue weighted by Gasteiger charge is -2.23. The highest BCUT2D eigenvalue weighted by molar-refractivity contribution is 5.95. The van der Waals surface area contributed by atoms with E-state index in [-0.39, 0.29) is 18.5 Å². The lowest BCUT2D eigenvalue weighted by molar-refractivity contribution is 0.0783. The zero-order valence-electron chi connectivity index (χ0n) is 19.4. The summed E-state index contributed by atoms with van der Waals surface area (Å²) >= 11 is 0.